The predicted octanol–water partition coefficient (Wildman–Crippen LogP) is 4.36. The average molecular weight is 289 g/mol. The van der Waals surface area contributed by atoms with Crippen molar-refractivity contribution < 1.29 is 0 Å². The zero-order valence-corrected chi connectivity index (χ0v) is 13.3. The van der Waals surface area contributed by atoms with Gasteiger partial charge in [0.2, 0.25) is 0 Å². The Bertz CT molecular complexity index is 401. The van der Waals surface area contributed by atoms with E-state index in [1.54, 1.807) is 0 Å². The molecule has 0 N–H and O–H groups in total. The highest BCUT2D eigenvalue weighted by atomic mass is 32.1. The van der Waals surface area contributed by atoms with Gasteiger partial charge in [-0.25, -0.2) is 0 Å². The quantitative estimate of drug-likeness (QED) is 0.806. The lowest BCUT2D eigenvalue weighted by molar-refractivity contribution is 0.105. The van der Waals surface area contributed by atoms with Crippen molar-refractivity contribution in [2.24, 2.45) is 5.41 Å². The van der Waals surface area contributed by atoms with E-state index in [1.807, 2.05) is 0 Å². The van der Waals surface area contributed by atoms with E-state index in [0.29, 0.717) is 5.92 Å². The molecule has 1 aromatic carbocycles. The van der Waals surface area contributed by atoms with Crippen molar-refractivity contribution in [3.05, 3.63) is 35.9 Å². The molecular weight excluding hydrogens is 262 g/mol. The van der Waals surface area contributed by atoms with Gasteiger partial charge in [0.25, 0.3) is 0 Å². The maximum absolute atomic E-state index is 4.58. The predicted molar refractivity (Wildman–Crippen MR) is 89.6 cm³/mol. The van der Waals surface area contributed by atoms with Crippen molar-refractivity contribution in [1.29, 1.82) is 0 Å². The minimum absolute atomic E-state index is 0.581. The summed E-state index contributed by atoms with van der Waals surface area (Å²) in [7, 11) is 0. The molecule has 0 radical (unpaired) electrons. The minimum atomic E-state index is 0.581. The Labute approximate surface area is 129 Å². The molecule has 0 aromatic heterocycles. The molecule has 1 saturated heterocycles. The van der Waals surface area contributed by atoms with Crippen LogP contribution < -0.4 is 0 Å². The molecule has 1 saturated carbocycles. The summed E-state index contributed by atoms with van der Waals surface area (Å²) in [4.78, 5) is 2.68. The van der Waals surface area contributed by atoms with Gasteiger partial charge in [-0.1, -0.05) is 43.2 Å². The molecule has 0 bridgehead atoms. The summed E-state index contributed by atoms with van der Waals surface area (Å²) in [6, 6.07) is 10.9. The zero-order valence-electron chi connectivity index (χ0n) is 12.4. The highest BCUT2D eigenvalue weighted by Crippen LogP contribution is 2.46. The summed E-state index contributed by atoms with van der Waals surface area (Å²) in [5.74, 6) is 1.53. The Kier molecular flexibility index (Phi) is 4.72. The summed E-state index contributed by atoms with van der Waals surface area (Å²) in [6.07, 6.45) is 8.81. The van der Waals surface area contributed by atoms with E-state index >= 15 is 0 Å². The molecule has 1 nitrogen and oxygen atoms in total. The number of hydrogen-bond donors (Lipinski definition) is 1. The van der Waals surface area contributed by atoms with Crippen LogP contribution in [0.3, 0.4) is 0 Å². The van der Waals surface area contributed by atoms with E-state index in [9.17, 15) is 0 Å². The molecule has 1 atom stereocenters. The first-order chi connectivity index (χ1) is 9.81. The van der Waals surface area contributed by atoms with Gasteiger partial charge in [-0.15, -0.1) is 0 Å². The Morgan fingerprint density at radius 3 is 2.25 bits per heavy atom. The third kappa shape index (κ3) is 3.23. The molecule has 1 unspecified atom stereocenters. The van der Waals surface area contributed by atoms with Gasteiger partial charge in [-0.05, 0) is 55.5 Å². The molecule has 0 amide bonds. The summed E-state index contributed by atoms with van der Waals surface area (Å²) in [5.41, 5.74) is 2.18. The maximum Gasteiger partial charge on any atom is 0.00581 e. The van der Waals surface area contributed by atoms with Crippen LogP contribution in [0.25, 0.3) is 0 Å². The van der Waals surface area contributed by atoms with E-state index in [0.717, 1.165) is 11.2 Å². The Morgan fingerprint density at radius 1 is 1.00 bits per heavy atom. The van der Waals surface area contributed by atoms with E-state index in [4.69, 9.17) is 0 Å². The van der Waals surface area contributed by atoms with Gasteiger partial charge in [-0.2, -0.15) is 12.6 Å². The van der Waals surface area contributed by atoms with Crippen LogP contribution in [0.5, 0.6) is 0 Å². The lowest BCUT2D eigenvalue weighted by atomic mass is 9.77. The number of thiol groups is 1. The van der Waals surface area contributed by atoms with Gasteiger partial charge in [0.1, 0.15) is 0 Å². The fourth-order valence-electron chi connectivity index (χ4n) is 4.14. The van der Waals surface area contributed by atoms with Crippen LogP contribution in [0.1, 0.15) is 50.0 Å². The van der Waals surface area contributed by atoms with Gasteiger partial charge in [0, 0.05) is 12.5 Å². The lowest BCUT2D eigenvalue weighted by Crippen LogP contribution is -2.41. The number of piperidine rings is 1. The molecule has 110 valence electrons. The van der Waals surface area contributed by atoms with Crippen molar-refractivity contribution in [1.82, 2.24) is 4.90 Å². The van der Waals surface area contributed by atoms with Crippen molar-refractivity contribution in [2.75, 3.05) is 25.4 Å². The van der Waals surface area contributed by atoms with Gasteiger partial charge < -0.3 is 4.90 Å². The lowest BCUT2D eigenvalue weighted by Gasteiger charge is -2.40. The molecule has 2 aliphatic rings. The molecule has 1 aliphatic carbocycles. The maximum atomic E-state index is 4.58. The first kappa shape index (κ1) is 14.5. The van der Waals surface area contributed by atoms with Crippen molar-refractivity contribution >= 4 is 12.6 Å². The topological polar surface area (TPSA) is 3.24 Å². The van der Waals surface area contributed by atoms with Crippen LogP contribution in [-0.2, 0) is 0 Å². The van der Waals surface area contributed by atoms with Crippen molar-refractivity contribution in [2.45, 2.75) is 44.4 Å². The van der Waals surface area contributed by atoms with Gasteiger partial charge >= 0.3 is 0 Å². The second-order valence-corrected chi connectivity index (χ2v) is 7.16. The summed E-state index contributed by atoms with van der Waals surface area (Å²) < 4.78 is 0. The van der Waals surface area contributed by atoms with Crippen LogP contribution in [0, 0.1) is 5.41 Å². The number of nitrogens with zero attached hydrogens (tertiary/aromatic N) is 1. The smallest absolute Gasteiger partial charge is 0.00581 e. The second kappa shape index (κ2) is 6.53. The second-order valence-electron chi connectivity index (χ2n) is 6.80. The minimum Gasteiger partial charge on any atom is -0.303 e. The summed E-state index contributed by atoms with van der Waals surface area (Å²) in [5, 5.41) is 0. The van der Waals surface area contributed by atoms with Gasteiger partial charge in [0.05, 0.1) is 0 Å². The number of likely N-dealkylation sites (tertiary alicyclic amines) is 1. The normalized spacial score (nSPS) is 24.1. The monoisotopic (exact) mass is 289 g/mol. The Hall–Kier alpha value is -0.470. The number of benzene rings is 1. The molecule has 1 heterocycles. The van der Waals surface area contributed by atoms with Crippen molar-refractivity contribution in [3.8, 4) is 0 Å². The van der Waals surface area contributed by atoms with Crippen LogP contribution in [-0.4, -0.2) is 30.3 Å². The molecule has 20 heavy (non-hydrogen) atoms. The first-order valence-corrected chi connectivity index (χ1v) is 8.83. The van der Waals surface area contributed by atoms with Crippen LogP contribution in [0.2, 0.25) is 0 Å². The Balaban J connectivity index is 1.55. The highest BCUT2D eigenvalue weighted by Gasteiger charge is 2.37. The molecule has 2 fully saturated rings. The summed E-state index contributed by atoms with van der Waals surface area (Å²) >= 11 is 4.58. The molecular formula is C18H27NS. The number of hydrogen-bond acceptors (Lipinski definition) is 2. The van der Waals surface area contributed by atoms with Crippen LogP contribution in [0.15, 0.2) is 30.3 Å². The standard InChI is InChI=1S/C18H27NS/c20-15-17(16-6-2-1-3-7-16)14-19-12-10-18(11-13-19)8-4-5-9-18/h1-3,6-7,17,20H,4-5,8-15H2. The molecule has 1 aromatic rings. The van der Waals surface area contributed by atoms with E-state index in [1.165, 1.54) is 63.7 Å². The Morgan fingerprint density at radius 2 is 1.65 bits per heavy atom. The van der Waals surface area contributed by atoms with E-state index in [2.05, 4.69) is 47.9 Å². The molecule has 1 spiro atoms. The third-order valence-electron chi connectivity index (χ3n) is 5.55. The first-order valence-electron chi connectivity index (χ1n) is 8.19. The van der Waals surface area contributed by atoms with Gasteiger partial charge in [-0.3, -0.25) is 0 Å². The molecule has 3 rings (SSSR count). The molecule has 2 heteroatoms. The van der Waals surface area contributed by atoms with E-state index in [-0.39, 0.29) is 0 Å². The van der Waals surface area contributed by atoms with Gasteiger partial charge in [0.15, 0.2) is 0 Å². The highest BCUT2D eigenvalue weighted by molar-refractivity contribution is 7.80. The number of rotatable bonds is 4. The van der Waals surface area contributed by atoms with Crippen LogP contribution >= 0.6 is 12.6 Å². The zero-order chi connectivity index (χ0) is 13.8. The summed E-state index contributed by atoms with van der Waals surface area (Å²) in [6.45, 7) is 3.79. The SMILES string of the molecule is SCC(CN1CCC2(CCCC2)CC1)c1ccccc1. The van der Waals surface area contributed by atoms with E-state index < -0.39 is 0 Å². The van der Waals surface area contributed by atoms with Crippen molar-refractivity contribution in [3.63, 3.8) is 0 Å². The average Bonchev–Trinajstić information content (AvgIpc) is 2.96. The fourth-order valence-corrected chi connectivity index (χ4v) is 4.47. The fraction of sp³-hybridized carbons (Fsp3) is 0.667. The largest absolute Gasteiger partial charge is 0.303 e. The third-order valence-corrected chi connectivity index (χ3v) is 5.99. The van der Waals surface area contributed by atoms with Crippen LogP contribution in [0.4, 0.5) is 0 Å². The molecule has 1 aliphatic heterocycles.